The molecule has 1 fully saturated rings. The molecule has 7 unspecified atom stereocenters. The minimum absolute atomic E-state index is 0.00700. The Morgan fingerprint density at radius 1 is 0.481 bits per heavy atom. The van der Waals surface area contributed by atoms with Crippen LogP contribution in [0.15, 0.2) is 85.1 Å². The second-order valence-electron chi connectivity index (χ2n) is 22.8. The van der Waals surface area contributed by atoms with Crippen LogP contribution in [0.2, 0.25) is 0 Å². The van der Waals surface area contributed by atoms with Gasteiger partial charge < -0.3 is 45.1 Å². The summed E-state index contributed by atoms with van der Waals surface area (Å²) >= 11 is 0. The number of hydrogen-bond donors (Lipinski definition) is 6. The highest BCUT2D eigenvalue weighted by molar-refractivity contribution is 5.76. The fourth-order valence-corrected chi connectivity index (χ4v) is 10.0. The molecular weight excluding hydrogens is 1010 g/mol. The van der Waals surface area contributed by atoms with Gasteiger partial charge in [0.15, 0.2) is 6.29 Å². The lowest BCUT2D eigenvalue weighted by atomic mass is 9.99. The molecule has 0 radical (unpaired) electrons. The van der Waals surface area contributed by atoms with Crippen LogP contribution in [0.5, 0.6) is 0 Å². The van der Waals surface area contributed by atoms with E-state index >= 15 is 0 Å². The zero-order chi connectivity index (χ0) is 58.7. The molecule has 468 valence electrons. The molecule has 81 heavy (non-hydrogen) atoms. The van der Waals surface area contributed by atoms with Crippen LogP contribution in [0.25, 0.3) is 0 Å². The Morgan fingerprint density at radius 2 is 0.889 bits per heavy atom. The monoisotopic (exact) mass is 1140 g/mol. The number of unbranched alkanes of at least 4 members (excludes halogenated alkanes) is 32. The lowest BCUT2D eigenvalue weighted by Gasteiger charge is -2.40. The third kappa shape index (κ3) is 47.8. The van der Waals surface area contributed by atoms with Crippen LogP contribution in [-0.4, -0.2) is 100 Å². The third-order valence-electron chi connectivity index (χ3n) is 15.3. The number of amides is 1. The van der Waals surface area contributed by atoms with Crippen molar-refractivity contribution in [2.24, 2.45) is 0 Å². The first-order chi connectivity index (χ1) is 39.7. The summed E-state index contributed by atoms with van der Waals surface area (Å²) in [5.41, 5.74) is 0. The van der Waals surface area contributed by atoms with E-state index in [2.05, 4.69) is 79.1 Å². The highest BCUT2D eigenvalue weighted by Gasteiger charge is 2.44. The molecule has 7 atom stereocenters. The second-order valence-corrected chi connectivity index (χ2v) is 22.8. The second kappa shape index (κ2) is 58.6. The van der Waals surface area contributed by atoms with Crippen molar-refractivity contribution in [1.29, 1.82) is 0 Å². The molecule has 0 bridgehead atoms. The molecule has 0 aromatic rings. The Hall–Kier alpha value is -3.16. The van der Waals surface area contributed by atoms with Gasteiger partial charge in [0.1, 0.15) is 24.4 Å². The Kier molecular flexibility index (Phi) is 54.9. The molecule has 0 aliphatic carbocycles. The van der Waals surface area contributed by atoms with Crippen LogP contribution in [0, 0.1) is 0 Å². The number of carbonyl (C=O) groups excluding carboxylic acids is 2. The first kappa shape index (κ1) is 75.9. The lowest BCUT2D eigenvalue weighted by Crippen LogP contribution is -2.60. The van der Waals surface area contributed by atoms with Gasteiger partial charge in [0.25, 0.3) is 0 Å². The molecule has 0 aromatic carbocycles. The standard InChI is InChI=1S/C70H123NO10/c1-3-5-7-9-11-13-14-15-16-17-25-29-32-35-38-42-46-50-54-58-66(75)79-59-55-51-47-43-39-36-33-30-27-24-22-20-18-19-21-23-26-28-31-34-37-41-45-49-53-57-65(74)71-62(63(73)56-52-48-44-40-12-10-8-6-4-2)61-80-70-69(78)68(77)67(76)64(60-72)81-70/h4,6,11-13,15-16,19-22,40,52,56,62-64,67-70,72-73,76-78H,3,5,7-10,14,17-18,23-39,41-51,53-55,57-61H2,1-2H3,(H,71,74)/b6-4+,13-11-,16-15-,21-19-,22-20-,40-12+,56-52+. The summed E-state index contributed by atoms with van der Waals surface area (Å²) in [4.78, 5) is 25.1. The number of hydrogen-bond acceptors (Lipinski definition) is 10. The van der Waals surface area contributed by atoms with E-state index in [9.17, 15) is 35.1 Å². The molecule has 1 rings (SSSR count). The summed E-state index contributed by atoms with van der Waals surface area (Å²) in [6.45, 7) is 4.05. The molecular formula is C70H123NO10. The zero-order valence-electron chi connectivity index (χ0n) is 51.7. The number of esters is 1. The highest BCUT2D eigenvalue weighted by Crippen LogP contribution is 2.23. The van der Waals surface area contributed by atoms with Gasteiger partial charge in [-0.05, 0) is 116 Å². The number of aliphatic hydroxyl groups excluding tert-OH is 5. The van der Waals surface area contributed by atoms with Crippen molar-refractivity contribution >= 4 is 11.9 Å². The first-order valence-electron chi connectivity index (χ1n) is 33.3. The molecule has 11 nitrogen and oxygen atoms in total. The van der Waals surface area contributed by atoms with Crippen molar-refractivity contribution in [3.8, 4) is 0 Å². The zero-order valence-corrected chi connectivity index (χ0v) is 51.7. The topological polar surface area (TPSA) is 175 Å². The SMILES string of the molecule is C/C=C/CC/C=C/CC/C=C/C(O)C(COC1OC(CO)C(O)C(O)C1O)NC(=O)CCCCCCCCCCC/C=C\C/C=C\CCCCCCCCCCCOC(=O)CCCCCCCCCCC/C=C\C/C=C\CCCCC. The van der Waals surface area contributed by atoms with E-state index in [1.807, 2.05) is 19.1 Å². The maximum absolute atomic E-state index is 13.0. The van der Waals surface area contributed by atoms with E-state index < -0.39 is 49.5 Å². The van der Waals surface area contributed by atoms with Crippen LogP contribution in [0.1, 0.15) is 284 Å². The van der Waals surface area contributed by atoms with Crippen molar-refractivity contribution in [3.05, 3.63) is 85.1 Å². The number of carbonyl (C=O) groups is 2. The van der Waals surface area contributed by atoms with E-state index in [-0.39, 0.29) is 18.5 Å². The minimum Gasteiger partial charge on any atom is -0.466 e. The van der Waals surface area contributed by atoms with E-state index in [1.165, 1.54) is 161 Å². The molecule has 1 aliphatic heterocycles. The highest BCUT2D eigenvalue weighted by atomic mass is 16.7. The molecule has 1 saturated heterocycles. The van der Waals surface area contributed by atoms with Gasteiger partial charge in [-0.25, -0.2) is 0 Å². The Balaban J connectivity index is 1.96. The quantitative estimate of drug-likeness (QED) is 0.0195. The number of ether oxygens (including phenoxy) is 3. The fraction of sp³-hybridized carbons (Fsp3) is 0.771. The smallest absolute Gasteiger partial charge is 0.305 e. The van der Waals surface area contributed by atoms with Gasteiger partial charge in [0, 0.05) is 12.8 Å². The first-order valence-corrected chi connectivity index (χ1v) is 33.3. The average molecular weight is 1140 g/mol. The van der Waals surface area contributed by atoms with Crippen LogP contribution in [-0.2, 0) is 23.8 Å². The maximum Gasteiger partial charge on any atom is 0.305 e. The summed E-state index contributed by atoms with van der Waals surface area (Å²) in [5.74, 6) is -0.214. The number of nitrogens with one attached hydrogen (secondary N) is 1. The average Bonchev–Trinajstić information content (AvgIpc) is 3.47. The van der Waals surface area contributed by atoms with Crippen molar-refractivity contribution in [2.45, 2.75) is 326 Å². The molecule has 11 heteroatoms. The van der Waals surface area contributed by atoms with Crippen LogP contribution in [0.4, 0.5) is 0 Å². The van der Waals surface area contributed by atoms with Gasteiger partial charge in [-0.2, -0.15) is 0 Å². The number of aliphatic hydroxyl groups is 5. The van der Waals surface area contributed by atoms with Crippen molar-refractivity contribution < 1.29 is 49.3 Å². The normalized spacial score (nSPS) is 18.8. The van der Waals surface area contributed by atoms with Gasteiger partial charge >= 0.3 is 5.97 Å². The van der Waals surface area contributed by atoms with Crippen LogP contribution < -0.4 is 5.32 Å². The third-order valence-corrected chi connectivity index (χ3v) is 15.3. The molecule has 6 N–H and O–H groups in total. The molecule has 0 aromatic heterocycles. The summed E-state index contributed by atoms with van der Waals surface area (Å²) in [6, 6.07) is -0.840. The largest absolute Gasteiger partial charge is 0.466 e. The summed E-state index contributed by atoms with van der Waals surface area (Å²) in [5, 5.41) is 54.2. The lowest BCUT2D eigenvalue weighted by molar-refractivity contribution is -0.302. The Morgan fingerprint density at radius 3 is 1.36 bits per heavy atom. The van der Waals surface area contributed by atoms with E-state index in [1.54, 1.807) is 6.08 Å². The summed E-state index contributed by atoms with van der Waals surface area (Å²) in [7, 11) is 0. The number of allylic oxidation sites excluding steroid dienone is 13. The fourth-order valence-electron chi connectivity index (χ4n) is 10.0. The van der Waals surface area contributed by atoms with Gasteiger partial charge in [0.2, 0.25) is 5.91 Å². The predicted molar refractivity (Wildman–Crippen MR) is 338 cm³/mol. The summed E-state index contributed by atoms with van der Waals surface area (Å²) < 4.78 is 16.7. The van der Waals surface area contributed by atoms with Crippen LogP contribution >= 0.6 is 0 Å². The van der Waals surface area contributed by atoms with E-state index in [0.29, 0.717) is 25.9 Å². The van der Waals surface area contributed by atoms with Gasteiger partial charge in [-0.3, -0.25) is 9.59 Å². The Bertz CT molecular complexity index is 1620. The Labute approximate surface area is 495 Å². The molecule has 1 heterocycles. The maximum atomic E-state index is 13.0. The molecule has 1 amide bonds. The predicted octanol–water partition coefficient (Wildman–Crippen LogP) is 16.5. The van der Waals surface area contributed by atoms with Gasteiger partial charge in [0.05, 0.1) is 32.0 Å². The van der Waals surface area contributed by atoms with Crippen molar-refractivity contribution in [1.82, 2.24) is 5.32 Å². The van der Waals surface area contributed by atoms with E-state index in [0.717, 1.165) is 89.9 Å². The molecule has 0 spiro atoms. The molecule has 1 aliphatic rings. The van der Waals surface area contributed by atoms with Crippen molar-refractivity contribution in [3.63, 3.8) is 0 Å². The van der Waals surface area contributed by atoms with Crippen molar-refractivity contribution in [2.75, 3.05) is 19.8 Å². The number of rotatable bonds is 57. The van der Waals surface area contributed by atoms with Gasteiger partial charge in [-0.15, -0.1) is 0 Å². The van der Waals surface area contributed by atoms with Gasteiger partial charge in [-0.1, -0.05) is 240 Å². The van der Waals surface area contributed by atoms with E-state index in [4.69, 9.17) is 14.2 Å². The van der Waals surface area contributed by atoms with Crippen LogP contribution in [0.3, 0.4) is 0 Å². The minimum atomic E-state index is -1.58. The summed E-state index contributed by atoms with van der Waals surface area (Å²) in [6.07, 6.45) is 70.2. The molecule has 0 saturated carbocycles.